The molecular weight excluding hydrogens is 210 g/mol. The van der Waals surface area contributed by atoms with Crippen LogP contribution in [0.2, 0.25) is 5.22 Å². The highest BCUT2D eigenvalue weighted by molar-refractivity contribution is 6.29. The van der Waals surface area contributed by atoms with Crippen molar-refractivity contribution in [3.63, 3.8) is 0 Å². The normalized spacial score (nSPS) is 13.0. The van der Waals surface area contributed by atoms with E-state index in [0.29, 0.717) is 5.22 Å². The molecule has 0 fully saturated rings. The van der Waals surface area contributed by atoms with Crippen molar-refractivity contribution in [2.45, 2.75) is 51.5 Å². The van der Waals surface area contributed by atoms with E-state index in [1.165, 1.54) is 32.1 Å². The molecule has 0 amide bonds. The van der Waals surface area contributed by atoms with Gasteiger partial charge < -0.3 is 10.2 Å². The van der Waals surface area contributed by atoms with Gasteiger partial charge in [-0.05, 0) is 24.1 Å². The summed E-state index contributed by atoms with van der Waals surface area (Å²) in [6.45, 7) is 2.22. The summed E-state index contributed by atoms with van der Waals surface area (Å²) < 4.78 is 5.02. The molecule has 0 saturated heterocycles. The van der Waals surface area contributed by atoms with Crippen LogP contribution in [0.25, 0.3) is 0 Å². The summed E-state index contributed by atoms with van der Waals surface area (Å²) in [5.41, 5.74) is 6.95. The highest BCUT2D eigenvalue weighted by atomic mass is 35.5. The molecule has 2 nitrogen and oxygen atoms in total. The highest BCUT2D eigenvalue weighted by Gasteiger charge is 2.11. The van der Waals surface area contributed by atoms with Crippen LogP contribution < -0.4 is 5.73 Å². The van der Waals surface area contributed by atoms with Gasteiger partial charge in [0.1, 0.15) is 0 Å². The molecule has 0 spiro atoms. The molecule has 1 rings (SSSR count). The van der Waals surface area contributed by atoms with E-state index >= 15 is 0 Å². The molecule has 1 atom stereocenters. The number of unbranched alkanes of at least 4 members (excludes halogenated alkanes) is 4. The number of nitrogens with two attached hydrogens (primary N) is 1. The van der Waals surface area contributed by atoms with Gasteiger partial charge in [0.05, 0.1) is 6.26 Å². The zero-order valence-electron chi connectivity index (χ0n) is 9.34. The summed E-state index contributed by atoms with van der Waals surface area (Å²) in [6, 6.07) is 1.89. The van der Waals surface area contributed by atoms with Gasteiger partial charge in [-0.15, -0.1) is 0 Å². The summed E-state index contributed by atoms with van der Waals surface area (Å²) in [7, 11) is 0. The van der Waals surface area contributed by atoms with Crippen LogP contribution in [0, 0.1) is 0 Å². The first kappa shape index (κ1) is 12.6. The molecule has 3 heteroatoms. The maximum absolute atomic E-state index is 6.01. The Balaban J connectivity index is 2.19. The lowest BCUT2D eigenvalue weighted by Crippen LogP contribution is -2.09. The average Bonchev–Trinajstić information content (AvgIpc) is 2.64. The van der Waals surface area contributed by atoms with Crippen molar-refractivity contribution < 1.29 is 4.42 Å². The second kappa shape index (κ2) is 6.91. The maximum Gasteiger partial charge on any atom is 0.197 e. The van der Waals surface area contributed by atoms with Crippen molar-refractivity contribution in [3.8, 4) is 0 Å². The molecule has 0 aromatic carbocycles. The molecule has 0 radical (unpaired) electrons. The standard InChI is InChI=1S/C12H20ClNO/c1-2-3-4-5-6-7-11(14)10-8-9-15-12(10)13/h8-9,11H,2-7,14H2,1H3. The lowest BCUT2D eigenvalue weighted by atomic mass is 10.0. The third-order valence-corrected chi connectivity index (χ3v) is 2.97. The van der Waals surface area contributed by atoms with Gasteiger partial charge in [-0.3, -0.25) is 0 Å². The third kappa shape index (κ3) is 4.27. The van der Waals surface area contributed by atoms with Gasteiger partial charge in [-0.2, -0.15) is 0 Å². The molecule has 1 aromatic rings. The van der Waals surface area contributed by atoms with Crippen LogP contribution in [0.4, 0.5) is 0 Å². The van der Waals surface area contributed by atoms with E-state index < -0.39 is 0 Å². The van der Waals surface area contributed by atoms with Gasteiger partial charge in [-0.25, -0.2) is 0 Å². The van der Waals surface area contributed by atoms with E-state index in [2.05, 4.69) is 6.92 Å². The fourth-order valence-electron chi connectivity index (χ4n) is 1.69. The minimum Gasteiger partial charge on any atom is -0.453 e. The predicted molar refractivity (Wildman–Crippen MR) is 64.0 cm³/mol. The van der Waals surface area contributed by atoms with E-state index in [4.69, 9.17) is 21.8 Å². The molecule has 1 aromatic heterocycles. The first-order valence-corrected chi connectivity index (χ1v) is 6.12. The molecule has 1 heterocycles. The number of hydrogen-bond donors (Lipinski definition) is 1. The van der Waals surface area contributed by atoms with Crippen molar-refractivity contribution in [3.05, 3.63) is 23.1 Å². The summed E-state index contributed by atoms with van der Waals surface area (Å²) in [5, 5.41) is 0.441. The minimum absolute atomic E-state index is 0.0258. The molecular formula is C12H20ClNO. The molecule has 1 unspecified atom stereocenters. The molecule has 0 bridgehead atoms. The predicted octanol–water partition coefficient (Wildman–Crippen LogP) is 4.29. The summed E-state index contributed by atoms with van der Waals surface area (Å²) >= 11 is 5.85. The number of halogens is 1. The van der Waals surface area contributed by atoms with Crippen LogP contribution >= 0.6 is 11.6 Å². The van der Waals surface area contributed by atoms with Crippen LogP contribution in [-0.2, 0) is 0 Å². The lowest BCUT2D eigenvalue weighted by Gasteiger charge is -2.09. The molecule has 2 N–H and O–H groups in total. The summed E-state index contributed by atoms with van der Waals surface area (Å²) in [5.74, 6) is 0. The number of furan rings is 1. The Labute approximate surface area is 96.8 Å². The van der Waals surface area contributed by atoms with Crippen molar-refractivity contribution in [2.24, 2.45) is 5.73 Å². The van der Waals surface area contributed by atoms with Gasteiger partial charge in [0.2, 0.25) is 0 Å². The van der Waals surface area contributed by atoms with E-state index in [1.54, 1.807) is 6.26 Å². The van der Waals surface area contributed by atoms with Gasteiger partial charge in [0.25, 0.3) is 0 Å². The van der Waals surface area contributed by atoms with Crippen molar-refractivity contribution in [1.29, 1.82) is 0 Å². The molecule has 0 aliphatic carbocycles. The SMILES string of the molecule is CCCCCCCC(N)c1ccoc1Cl. The first-order valence-electron chi connectivity index (χ1n) is 5.74. The maximum atomic E-state index is 6.01. The summed E-state index contributed by atoms with van der Waals surface area (Å²) in [4.78, 5) is 0. The number of hydrogen-bond acceptors (Lipinski definition) is 2. The smallest absolute Gasteiger partial charge is 0.197 e. The topological polar surface area (TPSA) is 39.2 Å². The molecule has 15 heavy (non-hydrogen) atoms. The molecule has 0 aliphatic heterocycles. The Bertz CT molecular complexity index is 272. The van der Waals surface area contributed by atoms with Gasteiger partial charge in [0, 0.05) is 11.6 Å². The van der Waals surface area contributed by atoms with Crippen LogP contribution in [0.5, 0.6) is 0 Å². The van der Waals surface area contributed by atoms with E-state index in [9.17, 15) is 0 Å². The quantitative estimate of drug-likeness (QED) is 0.709. The molecule has 0 aliphatic rings. The lowest BCUT2D eigenvalue weighted by molar-refractivity contribution is 0.537. The minimum atomic E-state index is 0.0258. The fraction of sp³-hybridized carbons (Fsp3) is 0.667. The largest absolute Gasteiger partial charge is 0.453 e. The van der Waals surface area contributed by atoms with Gasteiger partial charge >= 0.3 is 0 Å². The van der Waals surface area contributed by atoms with Crippen LogP contribution in [-0.4, -0.2) is 0 Å². The van der Waals surface area contributed by atoms with E-state index in [0.717, 1.165) is 12.0 Å². The Morgan fingerprint density at radius 3 is 2.67 bits per heavy atom. The molecule has 86 valence electrons. The van der Waals surface area contributed by atoms with E-state index in [1.807, 2.05) is 6.07 Å². The van der Waals surface area contributed by atoms with Crippen molar-refractivity contribution in [2.75, 3.05) is 0 Å². The highest BCUT2D eigenvalue weighted by Crippen LogP contribution is 2.25. The monoisotopic (exact) mass is 229 g/mol. The fourth-order valence-corrected chi connectivity index (χ4v) is 1.95. The summed E-state index contributed by atoms with van der Waals surface area (Å²) in [6.07, 6.45) is 8.92. The Morgan fingerprint density at radius 2 is 2.07 bits per heavy atom. The zero-order chi connectivity index (χ0) is 11.1. The Hall–Kier alpha value is -0.470. The third-order valence-electron chi connectivity index (χ3n) is 2.66. The Kier molecular flexibility index (Phi) is 5.81. The van der Waals surface area contributed by atoms with Crippen LogP contribution in [0.1, 0.15) is 57.1 Å². The Morgan fingerprint density at radius 1 is 1.33 bits per heavy atom. The second-order valence-corrected chi connectivity index (χ2v) is 4.30. The second-order valence-electron chi connectivity index (χ2n) is 3.96. The van der Waals surface area contributed by atoms with Crippen LogP contribution in [0.15, 0.2) is 16.7 Å². The van der Waals surface area contributed by atoms with Gasteiger partial charge in [-0.1, -0.05) is 39.0 Å². The average molecular weight is 230 g/mol. The van der Waals surface area contributed by atoms with Crippen molar-refractivity contribution in [1.82, 2.24) is 0 Å². The zero-order valence-corrected chi connectivity index (χ0v) is 10.1. The van der Waals surface area contributed by atoms with Crippen molar-refractivity contribution >= 4 is 11.6 Å². The first-order chi connectivity index (χ1) is 7.25. The van der Waals surface area contributed by atoms with Gasteiger partial charge in [0.15, 0.2) is 5.22 Å². The molecule has 0 saturated carbocycles. The van der Waals surface area contributed by atoms with E-state index in [-0.39, 0.29) is 6.04 Å². The number of rotatable bonds is 7. The van der Waals surface area contributed by atoms with Crippen LogP contribution in [0.3, 0.4) is 0 Å².